The lowest BCUT2D eigenvalue weighted by Crippen LogP contribution is -2.70. The van der Waals surface area contributed by atoms with E-state index in [1.807, 2.05) is 0 Å². The number of aliphatic hydroxyl groups excluding tert-OH is 9. The number of rotatable bonds is 75. The minimum Gasteiger partial charge on any atom is -0.463 e. The Morgan fingerprint density at radius 1 is 0.362 bits per heavy atom. The lowest BCUT2D eigenvalue weighted by molar-refractivity contribution is -0.360. The maximum Gasteiger partial charge on any atom is 0.472 e. The molecule has 0 amide bonds. The van der Waals surface area contributed by atoms with E-state index in [1.165, 1.54) is 180 Å². The van der Waals surface area contributed by atoms with Crippen molar-refractivity contribution >= 4 is 31.7 Å². The van der Waals surface area contributed by atoms with Gasteiger partial charge in [-0.05, 0) is 57.3 Å². The lowest BCUT2D eigenvalue weighted by atomic mass is 9.84. The van der Waals surface area contributed by atoms with Crippen molar-refractivity contribution in [3.05, 3.63) is 12.2 Å². The van der Waals surface area contributed by atoms with Crippen LogP contribution in [-0.2, 0) is 70.7 Å². The van der Waals surface area contributed by atoms with Crippen LogP contribution in [0.15, 0.2) is 12.2 Å². The number of aliphatic hydroxyl groups is 9. The molecule has 26 heteroatoms. The Hall–Kier alpha value is -2.79. The van der Waals surface area contributed by atoms with Gasteiger partial charge in [0.2, 0.25) is 0 Å². The van der Waals surface area contributed by atoms with Crippen LogP contribution in [0.4, 0.5) is 0 Å². The van der Waals surface area contributed by atoms with E-state index in [0.29, 0.717) is 44.4 Å². The minimum atomic E-state index is -5.81. The molecule has 2 aliphatic heterocycles. The second kappa shape index (κ2) is 68.6. The average molecular weight is 1680 g/mol. The highest BCUT2D eigenvalue weighted by atomic mass is 31.2. The summed E-state index contributed by atoms with van der Waals surface area (Å²) < 4.78 is 73.4. The Kier molecular flexibility index (Phi) is 63.5. The molecule has 682 valence electrons. The van der Waals surface area contributed by atoms with Crippen molar-refractivity contribution in [1.82, 2.24) is 0 Å². The normalized spacial score (nSPS) is 25.4. The monoisotopic (exact) mass is 1680 g/mol. The molecule has 1 aliphatic carbocycles. The first-order chi connectivity index (χ1) is 56.1. The predicted octanol–water partition coefficient (Wildman–Crippen LogP) is 17.0. The number of ether oxygens (including phenoxy) is 8. The Labute approximate surface area is 699 Å². The van der Waals surface area contributed by atoms with E-state index in [2.05, 4.69) is 46.8 Å². The van der Waals surface area contributed by atoms with Gasteiger partial charge in [-0.15, -0.1) is 0 Å². The number of hydrogen-bond donors (Lipinski definition) is 10. The fourth-order valence-corrected chi connectivity index (χ4v) is 16.6. The van der Waals surface area contributed by atoms with Gasteiger partial charge in [-0.2, -0.15) is 0 Å². The first kappa shape index (κ1) is 107. The third kappa shape index (κ3) is 48.9. The Morgan fingerprint density at radius 2 is 0.698 bits per heavy atom. The fourth-order valence-electron chi connectivity index (χ4n) is 15.6. The van der Waals surface area contributed by atoms with Crippen LogP contribution < -0.4 is 0 Å². The van der Waals surface area contributed by atoms with Crippen LogP contribution in [0.1, 0.15) is 401 Å². The van der Waals surface area contributed by atoms with Crippen LogP contribution in [0.3, 0.4) is 0 Å². The van der Waals surface area contributed by atoms with Crippen molar-refractivity contribution in [3.63, 3.8) is 0 Å². The maximum atomic E-state index is 14.9. The summed E-state index contributed by atoms with van der Waals surface area (Å²) in [6.07, 6.45) is 25.0. The molecular weight excluding hydrogens is 1510 g/mol. The Balaban J connectivity index is 1.93. The molecule has 10 N–H and O–H groups in total. The number of esters is 4. The maximum absolute atomic E-state index is 14.9. The van der Waals surface area contributed by atoms with Crippen LogP contribution in [0.5, 0.6) is 0 Å². The number of carbonyl (C=O) groups is 4. The molecule has 19 unspecified atom stereocenters. The number of unbranched alkanes of at least 4 members (excludes halogenated alkanes) is 45. The molecule has 2 heterocycles. The van der Waals surface area contributed by atoms with Gasteiger partial charge in [-0.1, -0.05) is 336 Å². The van der Waals surface area contributed by atoms with Crippen LogP contribution in [0.25, 0.3) is 0 Å². The van der Waals surface area contributed by atoms with Gasteiger partial charge in [0.05, 0.1) is 13.2 Å². The van der Waals surface area contributed by atoms with Crippen LogP contribution in [0.2, 0.25) is 0 Å². The van der Waals surface area contributed by atoms with E-state index in [4.69, 9.17) is 46.9 Å². The molecule has 116 heavy (non-hydrogen) atoms. The predicted molar refractivity (Wildman–Crippen MR) is 449 cm³/mol. The second-order valence-electron chi connectivity index (χ2n) is 33.8. The van der Waals surface area contributed by atoms with E-state index in [-0.39, 0.29) is 25.7 Å². The minimum absolute atomic E-state index is 0.0155. The van der Waals surface area contributed by atoms with Crippen LogP contribution >= 0.6 is 7.82 Å². The first-order valence-electron chi connectivity index (χ1n) is 46.8. The third-order valence-electron chi connectivity index (χ3n) is 23.2. The summed E-state index contributed by atoms with van der Waals surface area (Å²) in [5.74, 6) is -2.29. The van der Waals surface area contributed by atoms with Gasteiger partial charge in [0.15, 0.2) is 24.8 Å². The van der Waals surface area contributed by atoms with Gasteiger partial charge in [0.25, 0.3) is 0 Å². The molecule has 0 aromatic carbocycles. The summed E-state index contributed by atoms with van der Waals surface area (Å²) >= 11 is 0. The van der Waals surface area contributed by atoms with E-state index in [1.54, 1.807) is 0 Å². The highest BCUT2D eigenvalue weighted by molar-refractivity contribution is 7.47. The van der Waals surface area contributed by atoms with Gasteiger partial charge < -0.3 is 88.7 Å². The first-order valence-corrected chi connectivity index (χ1v) is 48.3. The van der Waals surface area contributed by atoms with Gasteiger partial charge >= 0.3 is 31.7 Å². The van der Waals surface area contributed by atoms with Crippen molar-refractivity contribution in [2.45, 2.75) is 505 Å². The largest absolute Gasteiger partial charge is 0.472 e. The fraction of sp³-hybridized carbons (Fsp3) is 0.933. The highest BCUT2D eigenvalue weighted by Gasteiger charge is 2.60. The van der Waals surface area contributed by atoms with E-state index >= 15 is 0 Å². The summed E-state index contributed by atoms with van der Waals surface area (Å²) in [6, 6.07) is 0. The van der Waals surface area contributed by atoms with Crippen molar-refractivity contribution in [3.8, 4) is 0 Å². The smallest absolute Gasteiger partial charge is 0.463 e. The molecule has 0 aromatic rings. The topological polar surface area (TPSA) is 380 Å². The molecule has 3 fully saturated rings. The zero-order valence-corrected chi connectivity index (χ0v) is 73.6. The molecule has 3 rings (SSSR count). The number of phosphoric acid groups is 1. The average Bonchev–Trinajstić information content (AvgIpc) is 0.754. The molecule has 25 nitrogen and oxygen atoms in total. The molecule has 2 saturated heterocycles. The van der Waals surface area contributed by atoms with Crippen LogP contribution in [0, 0.1) is 5.92 Å². The Morgan fingerprint density at radius 3 is 1.12 bits per heavy atom. The zero-order chi connectivity index (χ0) is 84.8. The second-order valence-corrected chi connectivity index (χ2v) is 35.2. The van der Waals surface area contributed by atoms with Crippen molar-refractivity contribution in [2.24, 2.45) is 5.92 Å². The number of allylic oxidation sites excluding steroid dienone is 2. The molecule has 0 aromatic heterocycles. The van der Waals surface area contributed by atoms with Gasteiger partial charge in [-0.25, -0.2) is 4.57 Å². The summed E-state index contributed by atoms with van der Waals surface area (Å²) in [6.45, 7) is 7.91. The third-order valence-corrected chi connectivity index (χ3v) is 24.2. The van der Waals surface area contributed by atoms with E-state index < -0.39 is 162 Å². The number of hydrogen-bond acceptors (Lipinski definition) is 24. The summed E-state index contributed by atoms with van der Waals surface area (Å²) in [5.41, 5.74) is 0. The molecule has 0 spiro atoms. The SMILES string of the molecule is CCCCCCCC/C=C\CCCCCC(=O)OC(COC(=O)CCCCCCCCCCCCCCC)COP(=O)(O)OC1C(OC2OC(CO)C(O)C(O)C2O)C(O)C(O)C(OC(=O)CCCCCCCCCCCCCCCCC)C1OC1OC(COC(=O)CCCCCCCCC(C)CCCCCCCC)C(O)C(O)C1O. The quantitative estimate of drug-likeness (QED) is 0.00889. The number of carbonyl (C=O) groups excluding carboxylic acids is 4. The van der Waals surface area contributed by atoms with Gasteiger partial charge in [-0.3, -0.25) is 28.2 Å². The van der Waals surface area contributed by atoms with Gasteiger partial charge in [0, 0.05) is 25.7 Å². The van der Waals surface area contributed by atoms with Crippen molar-refractivity contribution < 1.29 is 122 Å². The molecule has 0 bridgehead atoms. The Bertz CT molecular complexity index is 2480. The summed E-state index contributed by atoms with van der Waals surface area (Å²) in [7, 11) is -5.81. The van der Waals surface area contributed by atoms with Crippen molar-refractivity contribution in [1.29, 1.82) is 0 Å². The van der Waals surface area contributed by atoms with Crippen LogP contribution in [-0.4, -0.2) is 205 Å². The molecule has 0 radical (unpaired) electrons. The van der Waals surface area contributed by atoms with E-state index in [0.717, 1.165) is 122 Å². The number of phosphoric ester groups is 1. The summed E-state index contributed by atoms with van der Waals surface area (Å²) in [5, 5.41) is 102. The van der Waals surface area contributed by atoms with Gasteiger partial charge in [0.1, 0.15) is 92.6 Å². The molecule has 1 saturated carbocycles. The lowest BCUT2D eigenvalue weighted by Gasteiger charge is -2.50. The van der Waals surface area contributed by atoms with Crippen molar-refractivity contribution in [2.75, 3.05) is 26.4 Å². The highest BCUT2D eigenvalue weighted by Crippen LogP contribution is 2.49. The standard InChI is InChI=1S/C90H167O25P/c1-6-10-14-18-22-25-28-31-32-35-38-41-44-52-58-64-76(95)112-85-81(100)82(101)86(113-89-83(102)79(98)77(96)71(65-91)110-89)88(87(85)114-90-84(103)80(99)78(97)72(111-90)68-107-74(93)62-56-50-46-45-48-54-60-69(5)59-53-47-21-17-13-9-4)115-116(104,105)108-67-70(109-75(94)63-57-51-43-40-37-34-30-27-24-20-16-12-8-3)66-106-73(92)61-55-49-42-39-36-33-29-26-23-19-15-11-7-2/h34,37,69-72,77-91,96-103H,6-33,35-36,38-68H2,1-5H3,(H,104,105)/b37-34-. The molecular formula is C90H167O25P. The molecule has 19 atom stereocenters. The zero-order valence-electron chi connectivity index (χ0n) is 72.7. The molecule has 3 aliphatic rings. The summed E-state index contributed by atoms with van der Waals surface area (Å²) in [4.78, 5) is 66.4. The van der Waals surface area contributed by atoms with E-state index in [9.17, 15) is 74.6 Å².